The van der Waals surface area contributed by atoms with Crippen LogP contribution in [0.25, 0.3) is 0 Å². The molecule has 28 heavy (non-hydrogen) atoms. The number of unbranched alkanes of at least 4 members (excludes halogenated alkanes) is 5. The van der Waals surface area contributed by atoms with Gasteiger partial charge in [0.15, 0.2) is 0 Å². The van der Waals surface area contributed by atoms with Crippen LogP contribution in [0.3, 0.4) is 0 Å². The molecule has 0 bridgehead atoms. The van der Waals surface area contributed by atoms with Crippen molar-refractivity contribution in [1.82, 2.24) is 5.32 Å². The topological polar surface area (TPSA) is 55.4 Å². The van der Waals surface area contributed by atoms with Crippen LogP contribution in [0.4, 0.5) is 13.2 Å². The number of carbonyl (C=O) groups is 2. The van der Waals surface area contributed by atoms with Crippen LogP contribution >= 0.6 is 0 Å². The average molecular weight is 401 g/mol. The summed E-state index contributed by atoms with van der Waals surface area (Å²) in [6.07, 6.45) is 1.58. The average Bonchev–Trinajstić information content (AvgIpc) is 2.64. The van der Waals surface area contributed by atoms with Gasteiger partial charge >= 0.3 is 12.1 Å². The van der Waals surface area contributed by atoms with Gasteiger partial charge in [0.2, 0.25) is 0 Å². The predicted octanol–water partition coefficient (Wildman–Crippen LogP) is 5.36. The van der Waals surface area contributed by atoms with Crippen molar-refractivity contribution in [3.8, 4) is 0 Å². The van der Waals surface area contributed by atoms with E-state index in [2.05, 4.69) is 12.2 Å². The molecule has 7 heteroatoms. The van der Waals surface area contributed by atoms with Gasteiger partial charge in [-0.15, -0.1) is 0 Å². The molecule has 1 atom stereocenters. The minimum Gasteiger partial charge on any atom is -0.464 e. The van der Waals surface area contributed by atoms with Crippen molar-refractivity contribution >= 4 is 11.9 Å². The summed E-state index contributed by atoms with van der Waals surface area (Å²) < 4.78 is 44.6. The van der Waals surface area contributed by atoms with Gasteiger partial charge in [0.1, 0.15) is 6.04 Å². The standard InChI is InChI=1S/C21H30F3NO3/c1-4-5-6-7-8-11-14-28-20(27)18(15(2)3)25-19(26)16-12-9-10-13-17(16)21(22,23)24/h9-10,12-13,15,18H,4-8,11,14H2,1-3H3,(H,25,26). The van der Waals surface area contributed by atoms with Gasteiger partial charge in [0.25, 0.3) is 5.91 Å². The number of benzene rings is 1. The lowest BCUT2D eigenvalue weighted by atomic mass is 10.0. The van der Waals surface area contributed by atoms with Gasteiger partial charge in [-0.05, 0) is 24.5 Å². The summed E-state index contributed by atoms with van der Waals surface area (Å²) in [5.41, 5.74) is -1.54. The Bertz CT molecular complexity index is 630. The minimum atomic E-state index is -4.65. The predicted molar refractivity (Wildman–Crippen MR) is 102 cm³/mol. The monoisotopic (exact) mass is 401 g/mol. The molecule has 0 aromatic heterocycles. The zero-order valence-electron chi connectivity index (χ0n) is 16.8. The van der Waals surface area contributed by atoms with Crippen LogP contribution in [-0.2, 0) is 15.7 Å². The first-order chi connectivity index (χ1) is 13.2. The molecule has 4 nitrogen and oxygen atoms in total. The fraction of sp³-hybridized carbons (Fsp3) is 0.619. The summed E-state index contributed by atoms with van der Waals surface area (Å²) in [6, 6.07) is 3.50. The maximum absolute atomic E-state index is 13.1. The molecular weight excluding hydrogens is 371 g/mol. The Hall–Kier alpha value is -2.05. The number of nitrogens with one attached hydrogen (secondary N) is 1. The Balaban J connectivity index is 2.65. The van der Waals surface area contributed by atoms with Crippen LogP contribution < -0.4 is 5.32 Å². The Morgan fingerprint density at radius 3 is 2.25 bits per heavy atom. The van der Waals surface area contributed by atoms with Crippen LogP contribution in [0.15, 0.2) is 24.3 Å². The molecule has 0 saturated heterocycles. The van der Waals surface area contributed by atoms with Gasteiger partial charge in [-0.3, -0.25) is 4.79 Å². The summed E-state index contributed by atoms with van der Waals surface area (Å²) in [7, 11) is 0. The second-order valence-corrected chi connectivity index (χ2v) is 7.17. The first-order valence-corrected chi connectivity index (χ1v) is 9.82. The number of carbonyl (C=O) groups excluding carboxylic acids is 2. The van der Waals surface area contributed by atoms with E-state index in [1.54, 1.807) is 13.8 Å². The molecule has 1 N–H and O–H groups in total. The molecule has 0 saturated carbocycles. The molecular formula is C21H30F3NO3. The van der Waals surface area contributed by atoms with Gasteiger partial charge in [0, 0.05) is 0 Å². The number of hydrogen-bond acceptors (Lipinski definition) is 3. The summed E-state index contributed by atoms with van der Waals surface area (Å²) >= 11 is 0. The molecule has 1 unspecified atom stereocenters. The van der Waals surface area contributed by atoms with Crippen LogP contribution in [0.1, 0.15) is 75.2 Å². The molecule has 0 radical (unpaired) electrons. The smallest absolute Gasteiger partial charge is 0.417 e. The van der Waals surface area contributed by atoms with Crippen molar-refractivity contribution in [2.24, 2.45) is 5.92 Å². The quantitative estimate of drug-likeness (QED) is 0.401. The largest absolute Gasteiger partial charge is 0.464 e. The van der Waals surface area contributed by atoms with E-state index in [0.29, 0.717) is 0 Å². The minimum absolute atomic E-state index is 0.239. The molecule has 0 aliphatic rings. The number of hydrogen-bond donors (Lipinski definition) is 1. The highest BCUT2D eigenvalue weighted by atomic mass is 19.4. The Labute approximate surface area is 164 Å². The van der Waals surface area contributed by atoms with E-state index in [0.717, 1.165) is 44.2 Å². The third-order valence-electron chi connectivity index (χ3n) is 4.43. The number of halogens is 3. The fourth-order valence-electron chi connectivity index (χ4n) is 2.79. The number of rotatable bonds is 11. The fourth-order valence-corrected chi connectivity index (χ4v) is 2.79. The lowest BCUT2D eigenvalue weighted by Crippen LogP contribution is -2.45. The number of alkyl halides is 3. The van der Waals surface area contributed by atoms with Crippen LogP contribution in [-0.4, -0.2) is 24.5 Å². The Morgan fingerprint density at radius 1 is 1.04 bits per heavy atom. The zero-order chi connectivity index (χ0) is 21.2. The Kier molecular flexibility index (Phi) is 10.0. The molecule has 0 aliphatic heterocycles. The molecule has 1 rings (SSSR count). The van der Waals surface area contributed by atoms with Gasteiger partial charge in [-0.1, -0.05) is 65.0 Å². The third kappa shape index (κ3) is 7.90. The van der Waals surface area contributed by atoms with Gasteiger partial charge in [0.05, 0.1) is 17.7 Å². The number of esters is 1. The van der Waals surface area contributed by atoms with Crippen molar-refractivity contribution in [3.63, 3.8) is 0 Å². The normalized spacial score (nSPS) is 12.7. The van der Waals surface area contributed by atoms with Crippen molar-refractivity contribution in [3.05, 3.63) is 35.4 Å². The third-order valence-corrected chi connectivity index (χ3v) is 4.43. The molecule has 0 spiro atoms. The highest BCUT2D eigenvalue weighted by Gasteiger charge is 2.36. The summed E-state index contributed by atoms with van der Waals surface area (Å²) in [4.78, 5) is 24.7. The van der Waals surface area contributed by atoms with Crippen molar-refractivity contribution in [1.29, 1.82) is 0 Å². The molecule has 1 aromatic rings. The van der Waals surface area contributed by atoms with Gasteiger partial charge < -0.3 is 10.1 Å². The van der Waals surface area contributed by atoms with E-state index in [1.807, 2.05) is 0 Å². The van der Waals surface area contributed by atoms with Crippen LogP contribution in [0.2, 0.25) is 0 Å². The molecule has 0 aliphatic carbocycles. The van der Waals surface area contributed by atoms with Crippen molar-refractivity contribution in [2.75, 3.05) is 6.61 Å². The van der Waals surface area contributed by atoms with E-state index < -0.39 is 35.2 Å². The van der Waals surface area contributed by atoms with E-state index in [1.165, 1.54) is 18.6 Å². The zero-order valence-corrected chi connectivity index (χ0v) is 16.8. The second-order valence-electron chi connectivity index (χ2n) is 7.17. The number of amides is 1. The van der Waals surface area contributed by atoms with E-state index >= 15 is 0 Å². The summed E-state index contributed by atoms with van der Waals surface area (Å²) in [6.45, 7) is 5.78. The molecule has 0 heterocycles. The van der Waals surface area contributed by atoms with Crippen molar-refractivity contribution in [2.45, 2.75) is 71.5 Å². The summed E-state index contributed by atoms with van der Waals surface area (Å²) in [5, 5.41) is 2.40. The highest BCUT2D eigenvalue weighted by Crippen LogP contribution is 2.31. The Morgan fingerprint density at radius 2 is 1.64 bits per heavy atom. The molecule has 158 valence electrons. The molecule has 1 aromatic carbocycles. The van der Waals surface area contributed by atoms with Crippen LogP contribution in [0.5, 0.6) is 0 Å². The van der Waals surface area contributed by atoms with Gasteiger partial charge in [-0.2, -0.15) is 13.2 Å². The van der Waals surface area contributed by atoms with Crippen molar-refractivity contribution < 1.29 is 27.5 Å². The second kappa shape index (κ2) is 11.7. The van der Waals surface area contributed by atoms with E-state index in [9.17, 15) is 22.8 Å². The highest BCUT2D eigenvalue weighted by molar-refractivity contribution is 5.98. The number of ether oxygens (including phenoxy) is 1. The maximum atomic E-state index is 13.1. The summed E-state index contributed by atoms with van der Waals surface area (Å²) in [5.74, 6) is -1.89. The first-order valence-electron chi connectivity index (χ1n) is 9.82. The van der Waals surface area contributed by atoms with Gasteiger partial charge in [-0.25, -0.2) is 4.79 Å². The van der Waals surface area contributed by atoms with E-state index in [4.69, 9.17) is 4.74 Å². The van der Waals surface area contributed by atoms with E-state index in [-0.39, 0.29) is 12.5 Å². The molecule has 1 amide bonds. The maximum Gasteiger partial charge on any atom is 0.417 e. The van der Waals surface area contributed by atoms with Crippen LogP contribution in [0, 0.1) is 5.92 Å². The molecule has 0 fully saturated rings. The first kappa shape index (κ1) is 24.0. The SMILES string of the molecule is CCCCCCCCOC(=O)C(NC(=O)c1ccccc1C(F)(F)F)C(C)C. The lowest BCUT2D eigenvalue weighted by Gasteiger charge is -2.22. The lowest BCUT2D eigenvalue weighted by molar-refractivity contribution is -0.147.